The first kappa shape index (κ1) is 17.9. The van der Waals surface area contributed by atoms with Crippen LogP contribution in [0.4, 0.5) is 5.69 Å². The molecule has 0 unspecified atom stereocenters. The molecule has 25 heavy (non-hydrogen) atoms. The number of ether oxygens (including phenoxy) is 1. The Kier molecular flexibility index (Phi) is 5.44. The third-order valence-corrected chi connectivity index (χ3v) is 4.94. The number of aromatic nitrogens is 1. The molecule has 1 aromatic heterocycles. The Morgan fingerprint density at radius 3 is 2.56 bits per heavy atom. The molecule has 0 aliphatic carbocycles. The average Bonchev–Trinajstić information content (AvgIpc) is 2.84. The molecule has 0 saturated heterocycles. The van der Waals surface area contributed by atoms with E-state index in [-0.39, 0.29) is 11.6 Å². The van der Waals surface area contributed by atoms with Gasteiger partial charge in [-0.15, -0.1) is 4.91 Å². The Balaban J connectivity index is 1.78. The third kappa shape index (κ3) is 3.72. The highest BCUT2D eigenvalue weighted by molar-refractivity contribution is 9.10. The number of rotatable bonds is 6. The summed E-state index contributed by atoms with van der Waals surface area (Å²) in [6, 6.07) is 11.4. The first-order chi connectivity index (χ1) is 12.0. The lowest BCUT2D eigenvalue weighted by Gasteiger charge is -2.10. The van der Waals surface area contributed by atoms with Gasteiger partial charge in [0.05, 0.1) is 12.1 Å². The second-order valence-electron chi connectivity index (χ2n) is 5.69. The van der Waals surface area contributed by atoms with Crippen LogP contribution >= 0.6 is 31.9 Å². The molecule has 0 saturated carbocycles. The van der Waals surface area contributed by atoms with E-state index in [1.54, 1.807) is 10.6 Å². The SMILES string of the molecule is Cc1cc(Br)cc2c(N=O)c(O)n(CCCOc3ccc(Br)cc3)c12. The van der Waals surface area contributed by atoms with Crippen LogP contribution in [0.5, 0.6) is 11.6 Å². The minimum atomic E-state index is -0.102. The van der Waals surface area contributed by atoms with Crippen molar-refractivity contribution in [2.45, 2.75) is 19.9 Å². The highest BCUT2D eigenvalue weighted by atomic mass is 79.9. The summed E-state index contributed by atoms with van der Waals surface area (Å²) in [4.78, 5) is 11.2. The minimum Gasteiger partial charge on any atom is -0.494 e. The second-order valence-corrected chi connectivity index (χ2v) is 7.52. The Bertz CT molecular complexity index is 920. The predicted octanol–water partition coefficient (Wildman–Crippen LogP) is 6.05. The molecule has 1 N–H and O–H groups in total. The number of aromatic hydroxyl groups is 1. The van der Waals surface area contributed by atoms with Crippen molar-refractivity contribution in [2.24, 2.45) is 5.18 Å². The summed E-state index contributed by atoms with van der Waals surface area (Å²) in [6.07, 6.45) is 0.682. The molecule has 3 aromatic rings. The van der Waals surface area contributed by atoms with Gasteiger partial charge in [-0.3, -0.25) is 0 Å². The molecule has 130 valence electrons. The molecule has 0 aliphatic rings. The van der Waals surface area contributed by atoms with E-state index in [0.717, 1.165) is 25.8 Å². The molecule has 2 aromatic carbocycles. The summed E-state index contributed by atoms with van der Waals surface area (Å²) >= 11 is 6.80. The van der Waals surface area contributed by atoms with Crippen LogP contribution < -0.4 is 4.74 Å². The predicted molar refractivity (Wildman–Crippen MR) is 106 cm³/mol. The van der Waals surface area contributed by atoms with E-state index >= 15 is 0 Å². The molecule has 0 bridgehead atoms. The highest BCUT2D eigenvalue weighted by Crippen LogP contribution is 2.41. The fourth-order valence-corrected chi connectivity index (χ4v) is 3.72. The van der Waals surface area contributed by atoms with E-state index in [1.165, 1.54) is 0 Å². The minimum absolute atomic E-state index is 0.0771. The fraction of sp³-hybridized carbons (Fsp3) is 0.222. The van der Waals surface area contributed by atoms with Crippen molar-refractivity contribution in [3.63, 3.8) is 0 Å². The van der Waals surface area contributed by atoms with Gasteiger partial charge in [0.15, 0.2) is 5.69 Å². The van der Waals surface area contributed by atoms with Crippen molar-refractivity contribution < 1.29 is 9.84 Å². The first-order valence-electron chi connectivity index (χ1n) is 7.74. The topological polar surface area (TPSA) is 63.8 Å². The lowest BCUT2D eigenvalue weighted by atomic mass is 10.1. The zero-order valence-corrected chi connectivity index (χ0v) is 16.7. The van der Waals surface area contributed by atoms with E-state index < -0.39 is 0 Å². The van der Waals surface area contributed by atoms with Gasteiger partial charge < -0.3 is 14.4 Å². The molecule has 0 atom stereocenters. The Morgan fingerprint density at radius 1 is 1.16 bits per heavy atom. The van der Waals surface area contributed by atoms with E-state index in [2.05, 4.69) is 37.0 Å². The van der Waals surface area contributed by atoms with E-state index in [9.17, 15) is 10.0 Å². The third-order valence-electron chi connectivity index (χ3n) is 3.96. The number of fused-ring (bicyclic) bond motifs is 1. The molecule has 5 nitrogen and oxygen atoms in total. The van der Waals surface area contributed by atoms with Crippen LogP contribution in [0.3, 0.4) is 0 Å². The summed E-state index contributed by atoms with van der Waals surface area (Å²) in [5.74, 6) is 0.690. The van der Waals surface area contributed by atoms with Crippen molar-refractivity contribution in [1.29, 1.82) is 0 Å². The number of nitrogens with zero attached hydrogens (tertiary/aromatic N) is 2. The molecular formula is C18H16Br2N2O3. The molecule has 0 spiro atoms. The Morgan fingerprint density at radius 2 is 1.88 bits per heavy atom. The van der Waals surface area contributed by atoms with Crippen molar-refractivity contribution in [2.75, 3.05) is 6.61 Å². The molecular weight excluding hydrogens is 452 g/mol. The number of hydrogen-bond donors (Lipinski definition) is 1. The monoisotopic (exact) mass is 466 g/mol. The Hall–Kier alpha value is -1.86. The molecule has 1 heterocycles. The molecule has 0 radical (unpaired) electrons. The maximum Gasteiger partial charge on any atom is 0.222 e. The molecule has 0 amide bonds. The number of halogens is 2. The molecule has 3 rings (SSSR count). The number of hydrogen-bond acceptors (Lipinski definition) is 4. The van der Waals surface area contributed by atoms with Crippen LogP contribution in [0.25, 0.3) is 10.9 Å². The van der Waals surface area contributed by atoms with Crippen LogP contribution in [0, 0.1) is 11.8 Å². The summed E-state index contributed by atoms with van der Waals surface area (Å²) in [7, 11) is 0. The smallest absolute Gasteiger partial charge is 0.222 e. The maximum absolute atomic E-state index is 11.2. The lowest BCUT2D eigenvalue weighted by molar-refractivity contribution is 0.298. The van der Waals surface area contributed by atoms with Gasteiger partial charge in [0.1, 0.15) is 5.75 Å². The van der Waals surface area contributed by atoms with Crippen LogP contribution in [-0.2, 0) is 6.54 Å². The summed E-state index contributed by atoms with van der Waals surface area (Å²) in [6.45, 7) is 2.97. The first-order valence-corrected chi connectivity index (χ1v) is 9.33. The second kappa shape index (κ2) is 7.58. The van der Waals surface area contributed by atoms with Gasteiger partial charge in [-0.25, -0.2) is 0 Å². The Labute approximate surface area is 161 Å². The van der Waals surface area contributed by atoms with Gasteiger partial charge in [0, 0.05) is 20.9 Å². The number of benzene rings is 2. The summed E-state index contributed by atoms with van der Waals surface area (Å²) in [5, 5.41) is 14.0. The average molecular weight is 468 g/mol. The van der Waals surface area contributed by atoms with Crippen LogP contribution in [0.2, 0.25) is 0 Å². The van der Waals surface area contributed by atoms with Crippen molar-refractivity contribution >= 4 is 48.5 Å². The molecule has 7 heteroatoms. The highest BCUT2D eigenvalue weighted by Gasteiger charge is 2.19. The maximum atomic E-state index is 11.2. The number of aryl methyl sites for hydroxylation is 2. The van der Waals surface area contributed by atoms with Gasteiger partial charge in [0.2, 0.25) is 5.88 Å². The summed E-state index contributed by atoms with van der Waals surface area (Å²) < 4.78 is 9.27. The van der Waals surface area contributed by atoms with Gasteiger partial charge in [0.25, 0.3) is 0 Å². The van der Waals surface area contributed by atoms with E-state index in [1.807, 2.05) is 37.3 Å². The van der Waals surface area contributed by atoms with Gasteiger partial charge in [-0.05, 0) is 60.5 Å². The number of nitroso groups, excluding NO2 is 1. The van der Waals surface area contributed by atoms with Gasteiger partial charge in [-0.2, -0.15) is 0 Å². The van der Waals surface area contributed by atoms with E-state index in [4.69, 9.17) is 4.74 Å². The zero-order chi connectivity index (χ0) is 18.0. The van der Waals surface area contributed by atoms with Crippen molar-refractivity contribution in [1.82, 2.24) is 4.57 Å². The standard InChI is InChI=1S/C18H16Br2N2O3/c1-11-9-13(20)10-15-16(21-24)18(23)22(17(11)15)7-2-8-25-14-5-3-12(19)4-6-14/h3-6,9-10,23H,2,7-8H2,1H3. The van der Waals surface area contributed by atoms with Gasteiger partial charge in [-0.1, -0.05) is 31.9 Å². The van der Waals surface area contributed by atoms with Crippen LogP contribution in [0.15, 0.2) is 50.5 Å². The molecule has 0 aliphatic heterocycles. The fourth-order valence-electron chi connectivity index (χ4n) is 2.88. The summed E-state index contributed by atoms with van der Waals surface area (Å²) in [5.41, 5.74) is 1.86. The van der Waals surface area contributed by atoms with E-state index in [0.29, 0.717) is 25.0 Å². The molecule has 0 fully saturated rings. The van der Waals surface area contributed by atoms with Crippen LogP contribution in [0.1, 0.15) is 12.0 Å². The lowest BCUT2D eigenvalue weighted by Crippen LogP contribution is -2.04. The van der Waals surface area contributed by atoms with Crippen LogP contribution in [-0.4, -0.2) is 16.3 Å². The normalized spacial score (nSPS) is 11.0. The quantitative estimate of drug-likeness (QED) is 0.354. The zero-order valence-electron chi connectivity index (χ0n) is 13.5. The van der Waals surface area contributed by atoms with Gasteiger partial charge >= 0.3 is 0 Å². The van der Waals surface area contributed by atoms with Crippen molar-refractivity contribution in [3.05, 3.63) is 55.8 Å². The van der Waals surface area contributed by atoms with Crippen molar-refractivity contribution in [3.8, 4) is 11.6 Å². The largest absolute Gasteiger partial charge is 0.494 e.